The van der Waals surface area contributed by atoms with Gasteiger partial charge in [-0.1, -0.05) is 37.6 Å². The van der Waals surface area contributed by atoms with Crippen molar-refractivity contribution in [2.75, 3.05) is 7.11 Å². The van der Waals surface area contributed by atoms with E-state index in [1.807, 2.05) is 0 Å². The first kappa shape index (κ1) is 14.7. The van der Waals surface area contributed by atoms with Crippen molar-refractivity contribution in [1.82, 2.24) is 0 Å². The molecular formula is C15H23NO2. The highest BCUT2D eigenvalue weighted by Gasteiger charge is 2.07. The molecule has 0 heterocycles. The number of benzene rings is 1. The Morgan fingerprint density at radius 3 is 2.56 bits per heavy atom. The lowest BCUT2D eigenvalue weighted by atomic mass is 9.99. The molecule has 0 saturated heterocycles. The molecule has 0 bridgehead atoms. The van der Waals surface area contributed by atoms with Crippen LogP contribution in [0.4, 0.5) is 0 Å². The number of carbonyl (C=O) groups excluding carboxylic acids is 1. The molecule has 0 spiro atoms. The summed E-state index contributed by atoms with van der Waals surface area (Å²) in [6, 6.07) is 8.46. The molecule has 1 aromatic carbocycles. The summed E-state index contributed by atoms with van der Waals surface area (Å²) in [6.07, 6.45) is 4.29. The Kier molecular flexibility index (Phi) is 6.44. The lowest BCUT2D eigenvalue weighted by Gasteiger charge is -2.12. The van der Waals surface area contributed by atoms with Gasteiger partial charge in [-0.2, -0.15) is 0 Å². The van der Waals surface area contributed by atoms with Crippen molar-refractivity contribution in [3.63, 3.8) is 0 Å². The third kappa shape index (κ3) is 4.88. The zero-order chi connectivity index (χ0) is 13.4. The molecule has 100 valence electrons. The minimum absolute atomic E-state index is 0.00494. The number of aryl methyl sites for hydroxylation is 1. The van der Waals surface area contributed by atoms with Crippen LogP contribution in [0.1, 0.15) is 49.8 Å². The Balaban J connectivity index is 2.41. The van der Waals surface area contributed by atoms with Crippen LogP contribution in [0.2, 0.25) is 0 Å². The summed E-state index contributed by atoms with van der Waals surface area (Å²) in [6.45, 7) is 2.17. The molecule has 0 aromatic heterocycles. The quantitative estimate of drug-likeness (QED) is 0.756. The zero-order valence-corrected chi connectivity index (χ0v) is 11.3. The van der Waals surface area contributed by atoms with E-state index in [0.29, 0.717) is 6.42 Å². The van der Waals surface area contributed by atoms with Gasteiger partial charge < -0.3 is 10.5 Å². The summed E-state index contributed by atoms with van der Waals surface area (Å²) in [7, 11) is 1.41. The van der Waals surface area contributed by atoms with Crippen LogP contribution in [0.25, 0.3) is 0 Å². The fourth-order valence-corrected chi connectivity index (χ4v) is 1.96. The van der Waals surface area contributed by atoms with Crippen molar-refractivity contribution >= 4 is 5.97 Å². The predicted molar refractivity (Wildman–Crippen MR) is 73.2 cm³/mol. The number of carbonyl (C=O) groups is 1. The monoisotopic (exact) mass is 249 g/mol. The second-order valence-corrected chi connectivity index (χ2v) is 4.57. The van der Waals surface area contributed by atoms with Crippen LogP contribution in [0.15, 0.2) is 24.3 Å². The standard InChI is InChI=1S/C15H23NO2/c1-3-5-12-8-10-13(11-9-12)14(16)6-4-7-15(17)18-2/h8-11,14H,3-7,16H2,1-2H3. The first-order valence-electron chi connectivity index (χ1n) is 6.58. The molecule has 0 fully saturated rings. The average Bonchev–Trinajstić information content (AvgIpc) is 2.39. The van der Waals surface area contributed by atoms with Crippen LogP contribution < -0.4 is 5.73 Å². The third-order valence-electron chi connectivity index (χ3n) is 3.07. The zero-order valence-electron chi connectivity index (χ0n) is 11.3. The highest BCUT2D eigenvalue weighted by atomic mass is 16.5. The largest absolute Gasteiger partial charge is 0.469 e. The van der Waals surface area contributed by atoms with Crippen molar-refractivity contribution in [1.29, 1.82) is 0 Å². The maximum absolute atomic E-state index is 11.0. The summed E-state index contributed by atoms with van der Waals surface area (Å²) in [4.78, 5) is 11.0. The van der Waals surface area contributed by atoms with Crippen LogP contribution in [0.5, 0.6) is 0 Å². The first-order valence-corrected chi connectivity index (χ1v) is 6.58. The van der Waals surface area contributed by atoms with E-state index >= 15 is 0 Å². The van der Waals surface area contributed by atoms with Crippen LogP contribution in [-0.4, -0.2) is 13.1 Å². The highest BCUT2D eigenvalue weighted by Crippen LogP contribution is 2.18. The average molecular weight is 249 g/mol. The Morgan fingerprint density at radius 1 is 1.33 bits per heavy atom. The summed E-state index contributed by atoms with van der Waals surface area (Å²) in [5, 5.41) is 0. The van der Waals surface area contributed by atoms with Gasteiger partial charge in [-0.3, -0.25) is 4.79 Å². The molecule has 0 radical (unpaired) electrons. The number of nitrogens with two attached hydrogens (primary N) is 1. The summed E-state index contributed by atoms with van der Waals surface area (Å²) < 4.78 is 4.60. The van der Waals surface area contributed by atoms with Crippen molar-refractivity contribution in [3.05, 3.63) is 35.4 Å². The summed E-state index contributed by atoms with van der Waals surface area (Å²) >= 11 is 0. The Bertz CT molecular complexity index is 359. The Morgan fingerprint density at radius 2 is 2.00 bits per heavy atom. The maximum atomic E-state index is 11.0. The summed E-state index contributed by atoms with van der Waals surface area (Å²) in [5.41, 5.74) is 8.58. The molecule has 0 aliphatic rings. The van der Waals surface area contributed by atoms with Crippen LogP contribution in [0, 0.1) is 0 Å². The van der Waals surface area contributed by atoms with Gasteiger partial charge in [-0.15, -0.1) is 0 Å². The van der Waals surface area contributed by atoms with E-state index in [0.717, 1.165) is 31.2 Å². The third-order valence-corrected chi connectivity index (χ3v) is 3.07. The lowest BCUT2D eigenvalue weighted by Crippen LogP contribution is -2.11. The Labute approximate surface area is 109 Å². The van der Waals surface area contributed by atoms with Gasteiger partial charge in [0.2, 0.25) is 0 Å². The SMILES string of the molecule is CCCc1ccc(C(N)CCCC(=O)OC)cc1. The molecule has 18 heavy (non-hydrogen) atoms. The molecule has 1 atom stereocenters. The molecule has 0 aliphatic carbocycles. The molecule has 1 rings (SSSR count). The highest BCUT2D eigenvalue weighted by molar-refractivity contribution is 5.68. The van der Waals surface area contributed by atoms with Crippen molar-refractivity contribution in [2.24, 2.45) is 5.73 Å². The van der Waals surface area contributed by atoms with Crippen molar-refractivity contribution in [2.45, 2.75) is 45.1 Å². The maximum Gasteiger partial charge on any atom is 0.305 e. The molecule has 3 heteroatoms. The molecule has 2 N–H and O–H groups in total. The van der Waals surface area contributed by atoms with Gasteiger partial charge in [0.1, 0.15) is 0 Å². The van der Waals surface area contributed by atoms with E-state index in [9.17, 15) is 4.79 Å². The molecule has 0 aliphatic heterocycles. The number of hydrogen-bond donors (Lipinski definition) is 1. The van der Waals surface area contributed by atoms with E-state index < -0.39 is 0 Å². The number of methoxy groups -OCH3 is 1. The normalized spacial score (nSPS) is 12.2. The fourth-order valence-electron chi connectivity index (χ4n) is 1.96. The minimum atomic E-state index is -0.166. The van der Waals surface area contributed by atoms with Gasteiger partial charge in [0.15, 0.2) is 0 Å². The van der Waals surface area contributed by atoms with E-state index in [-0.39, 0.29) is 12.0 Å². The smallest absolute Gasteiger partial charge is 0.305 e. The van der Waals surface area contributed by atoms with Gasteiger partial charge in [0, 0.05) is 12.5 Å². The number of hydrogen-bond acceptors (Lipinski definition) is 3. The molecular weight excluding hydrogens is 226 g/mol. The van der Waals surface area contributed by atoms with E-state index in [4.69, 9.17) is 5.73 Å². The first-order chi connectivity index (χ1) is 8.67. The van der Waals surface area contributed by atoms with Crippen molar-refractivity contribution in [3.8, 4) is 0 Å². The van der Waals surface area contributed by atoms with Crippen LogP contribution >= 0.6 is 0 Å². The molecule has 1 unspecified atom stereocenters. The van der Waals surface area contributed by atoms with Crippen molar-refractivity contribution < 1.29 is 9.53 Å². The van der Waals surface area contributed by atoms with Gasteiger partial charge >= 0.3 is 5.97 Å². The fraction of sp³-hybridized carbons (Fsp3) is 0.533. The number of esters is 1. The number of rotatable bonds is 7. The van der Waals surface area contributed by atoms with E-state index in [1.54, 1.807) is 0 Å². The van der Waals surface area contributed by atoms with Gasteiger partial charge in [0.25, 0.3) is 0 Å². The second kappa shape index (κ2) is 7.88. The minimum Gasteiger partial charge on any atom is -0.469 e. The Hall–Kier alpha value is -1.35. The van der Waals surface area contributed by atoms with E-state index in [1.165, 1.54) is 12.7 Å². The van der Waals surface area contributed by atoms with Gasteiger partial charge in [-0.25, -0.2) is 0 Å². The summed E-state index contributed by atoms with van der Waals surface area (Å²) in [5.74, 6) is -0.166. The van der Waals surface area contributed by atoms with E-state index in [2.05, 4.69) is 35.9 Å². The molecule has 3 nitrogen and oxygen atoms in total. The molecule has 1 aromatic rings. The molecule has 0 amide bonds. The number of ether oxygens (including phenoxy) is 1. The van der Waals surface area contributed by atoms with Crippen LogP contribution in [-0.2, 0) is 16.0 Å². The topological polar surface area (TPSA) is 52.3 Å². The van der Waals surface area contributed by atoms with Gasteiger partial charge in [0.05, 0.1) is 7.11 Å². The van der Waals surface area contributed by atoms with Gasteiger partial charge in [-0.05, 0) is 30.4 Å². The lowest BCUT2D eigenvalue weighted by molar-refractivity contribution is -0.140. The molecule has 0 saturated carbocycles. The predicted octanol–water partition coefficient (Wildman–Crippen LogP) is 2.98. The second-order valence-electron chi connectivity index (χ2n) is 4.57. The van der Waals surface area contributed by atoms with Crippen LogP contribution in [0.3, 0.4) is 0 Å².